The van der Waals surface area contributed by atoms with E-state index in [4.69, 9.17) is 25.5 Å². The van der Waals surface area contributed by atoms with Crippen molar-refractivity contribution >= 4 is 52.9 Å². The molecule has 4 aromatic heterocycles. The van der Waals surface area contributed by atoms with Crippen LogP contribution in [-0.4, -0.2) is 98.8 Å². The molecule has 21 heteroatoms. The molecule has 2 aliphatic heterocycles. The molecule has 41 heavy (non-hydrogen) atoms. The number of nitrogens with zero attached hydrogens (tertiary/aromatic N) is 7. The normalized spacial score (nSPS) is 31.7. The lowest BCUT2D eigenvalue weighted by Crippen LogP contribution is -2.33. The van der Waals surface area contributed by atoms with Gasteiger partial charge in [-0.05, 0) is 0 Å². The van der Waals surface area contributed by atoms with Gasteiger partial charge in [-0.3, -0.25) is 23.5 Å². The zero-order valence-corrected chi connectivity index (χ0v) is 22.4. The molecular weight excluding hydrogens is 593 g/mol. The minimum atomic E-state index is -4.35. The second kappa shape index (κ2) is 10.2. The first-order valence-corrected chi connectivity index (χ1v) is 14.9. The highest BCUT2D eigenvalue weighted by Crippen LogP contribution is 2.64. The maximum absolute atomic E-state index is 15.5. The molecule has 2 aliphatic rings. The van der Waals surface area contributed by atoms with Crippen LogP contribution < -0.4 is 17.0 Å². The minimum absolute atomic E-state index is 0.0575. The number of halogens is 2. The average Bonchev–Trinajstić information content (AvgIpc) is 3.68. The van der Waals surface area contributed by atoms with Crippen molar-refractivity contribution < 1.29 is 37.6 Å². The van der Waals surface area contributed by atoms with Crippen LogP contribution in [0.4, 0.5) is 20.5 Å². The van der Waals surface area contributed by atoms with Gasteiger partial charge in [0.25, 0.3) is 12.1 Å². The van der Waals surface area contributed by atoms with Crippen LogP contribution in [0.1, 0.15) is 12.5 Å². The molecule has 2 saturated heterocycles. The summed E-state index contributed by atoms with van der Waals surface area (Å²) < 4.78 is 63.5. The topological polar surface area (TPSA) is 244 Å². The van der Waals surface area contributed by atoms with Crippen molar-refractivity contribution in [3.05, 3.63) is 29.3 Å². The van der Waals surface area contributed by atoms with E-state index in [0.29, 0.717) is 0 Å². The maximum Gasteiger partial charge on any atom is 0.280 e. The number of anilines is 2. The highest BCUT2D eigenvalue weighted by molar-refractivity contribution is 8.46. The van der Waals surface area contributed by atoms with Gasteiger partial charge in [-0.25, -0.2) is 28.7 Å². The number of aliphatic hydroxyl groups is 2. The number of fused-ring (bicyclic) bond motifs is 2. The smallest absolute Gasteiger partial charge is 0.280 e. The molecule has 0 aromatic carbocycles. The maximum atomic E-state index is 15.5. The quantitative estimate of drug-likeness (QED) is 0.113. The van der Waals surface area contributed by atoms with Crippen LogP contribution in [0.2, 0.25) is 0 Å². The summed E-state index contributed by atoms with van der Waals surface area (Å²) in [7, 11) is 0. The summed E-state index contributed by atoms with van der Waals surface area (Å²) in [5.74, 6) is -0.204. The van der Waals surface area contributed by atoms with Crippen LogP contribution in [0.3, 0.4) is 0 Å². The lowest BCUT2D eigenvalue weighted by molar-refractivity contribution is -0.0416. The largest absolute Gasteiger partial charge is 0.394 e. The summed E-state index contributed by atoms with van der Waals surface area (Å²) in [5, 5.41) is 20.2. The predicted molar refractivity (Wildman–Crippen MR) is 139 cm³/mol. The number of alkyl halides is 2. The van der Waals surface area contributed by atoms with Gasteiger partial charge in [0, 0.05) is 0 Å². The standard InChI is InChI=1S/C20H23F2N10O7PS/c21-8-6(1-33)38-19(32-5-28-11-16(32)29-20(24)30-17(11)35)13(8)40(36,41)37-2-7-12(34)9(22)18(39-7)31-4-27-10-14(23)25-3-26-15(10)31/h3-9,12-13,18-19,33-34H,1-2H2,(H,36,41)(H2,23,25,26)(H3,24,29,30,35)/t6-,7-,8-,9+,12-,13-,18-,19?,40-/m1/s1. The van der Waals surface area contributed by atoms with E-state index in [0.717, 1.165) is 17.2 Å². The number of H-pyrrole nitrogens is 1. The molecule has 0 radical (unpaired) electrons. The number of aromatic nitrogens is 8. The number of hydrogen-bond acceptors (Lipinski definition) is 14. The van der Waals surface area contributed by atoms with Gasteiger partial charge in [-0.1, -0.05) is 12.2 Å². The third-order valence-corrected chi connectivity index (χ3v) is 9.91. The lowest BCUT2D eigenvalue weighted by Gasteiger charge is -2.27. The Morgan fingerprint density at radius 3 is 2.46 bits per heavy atom. The summed E-state index contributed by atoms with van der Waals surface area (Å²) in [6, 6.07) is 0. The van der Waals surface area contributed by atoms with Gasteiger partial charge in [0.1, 0.15) is 42.0 Å². The molecule has 2 fully saturated rings. The van der Waals surface area contributed by atoms with E-state index in [-0.39, 0.29) is 34.1 Å². The Bertz CT molecular complexity index is 1720. The van der Waals surface area contributed by atoms with Crippen LogP contribution in [0.15, 0.2) is 23.8 Å². The molecule has 0 spiro atoms. The zero-order valence-electron chi connectivity index (χ0n) is 20.6. The predicted octanol–water partition coefficient (Wildman–Crippen LogP) is -0.544. The number of nitrogen functional groups attached to an aromatic ring is 2. The molecule has 6 rings (SSSR count). The Morgan fingerprint density at radius 1 is 1.05 bits per heavy atom. The van der Waals surface area contributed by atoms with E-state index < -0.39 is 74.1 Å². The number of hydrogen-bond donors (Lipinski definition) is 6. The number of aliphatic hydroxyl groups excluding tert-OH is 2. The van der Waals surface area contributed by atoms with E-state index in [9.17, 15) is 19.6 Å². The summed E-state index contributed by atoms with van der Waals surface area (Å²) in [4.78, 5) is 34.3. The highest BCUT2D eigenvalue weighted by Gasteiger charge is 2.56. The molecule has 7 N–H and O–H groups in total. The van der Waals surface area contributed by atoms with Crippen LogP contribution in [-0.2, 0) is 18.6 Å². The summed E-state index contributed by atoms with van der Waals surface area (Å²) in [6.45, 7) is -5.80. The van der Waals surface area contributed by atoms with Gasteiger partial charge < -0.3 is 35.7 Å². The Balaban J connectivity index is 1.25. The van der Waals surface area contributed by atoms with E-state index in [1.807, 2.05) is 0 Å². The highest BCUT2D eigenvalue weighted by atomic mass is 32.7. The number of ether oxygens (including phenoxy) is 2. The molecule has 0 aliphatic carbocycles. The van der Waals surface area contributed by atoms with E-state index >= 15 is 8.78 Å². The molecular formula is C20H23F2N10O7PS. The molecule has 0 amide bonds. The van der Waals surface area contributed by atoms with Gasteiger partial charge in [-0.2, -0.15) is 4.98 Å². The summed E-state index contributed by atoms with van der Waals surface area (Å²) in [6.07, 6.45) is -7.98. The number of thiol groups is 1. The Morgan fingerprint density at radius 2 is 1.73 bits per heavy atom. The van der Waals surface area contributed by atoms with Crippen LogP contribution in [0.5, 0.6) is 0 Å². The first-order chi connectivity index (χ1) is 19.5. The molecule has 1 unspecified atom stereocenters. The fourth-order valence-electron chi connectivity index (χ4n) is 4.94. The molecule has 4 aromatic rings. The van der Waals surface area contributed by atoms with Crippen molar-refractivity contribution in [3.8, 4) is 0 Å². The molecule has 17 nitrogen and oxygen atoms in total. The van der Waals surface area contributed by atoms with Gasteiger partial charge in [0.2, 0.25) is 5.95 Å². The third-order valence-electron chi connectivity index (χ3n) is 6.95. The van der Waals surface area contributed by atoms with Crippen LogP contribution >= 0.6 is 18.8 Å². The number of imidazole rings is 2. The second-order valence-electron chi connectivity index (χ2n) is 9.40. The van der Waals surface area contributed by atoms with Crippen molar-refractivity contribution in [2.24, 2.45) is 0 Å². The summed E-state index contributed by atoms with van der Waals surface area (Å²) >= 11 is 4.12. The van der Waals surface area contributed by atoms with Crippen LogP contribution in [0.25, 0.3) is 22.3 Å². The number of aromatic amines is 1. The number of nitrogens with two attached hydrogens (primary N) is 2. The van der Waals surface area contributed by atoms with E-state index in [1.54, 1.807) is 0 Å². The van der Waals surface area contributed by atoms with Gasteiger partial charge in [0.05, 0.1) is 25.9 Å². The SMILES string of the molecule is Nc1nc2c(ncn2C2O[C@H](CO)[C@@H](F)[C@H]2[P@](=O)(S)OC[C@H]2O[C@@H](n3cnc4c(N)ncnc43)[C@@H](F)[C@@H]2O)c(=O)[nH]1. The fraction of sp³-hybridized carbons (Fsp3) is 0.500. The molecule has 0 bridgehead atoms. The molecule has 220 valence electrons. The average molecular weight is 617 g/mol. The van der Waals surface area contributed by atoms with Crippen molar-refractivity contribution in [2.45, 2.75) is 48.8 Å². The molecule has 6 heterocycles. The van der Waals surface area contributed by atoms with Gasteiger partial charge in [0.15, 0.2) is 41.3 Å². The van der Waals surface area contributed by atoms with E-state index in [1.165, 1.54) is 10.9 Å². The van der Waals surface area contributed by atoms with Crippen molar-refractivity contribution in [1.29, 1.82) is 0 Å². The number of rotatable bonds is 7. The van der Waals surface area contributed by atoms with Crippen LogP contribution in [0, 0.1) is 0 Å². The lowest BCUT2D eigenvalue weighted by atomic mass is 10.1. The Kier molecular flexibility index (Phi) is 6.96. The minimum Gasteiger partial charge on any atom is -0.394 e. The van der Waals surface area contributed by atoms with Gasteiger partial charge >= 0.3 is 0 Å². The monoisotopic (exact) mass is 616 g/mol. The first kappa shape index (κ1) is 27.9. The zero-order chi connectivity index (χ0) is 29.2. The van der Waals surface area contributed by atoms with E-state index in [2.05, 4.69) is 42.2 Å². The molecule has 0 saturated carbocycles. The summed E-state index contributed by atoms with van der Waals surface area (Å²) in [5.41, 5.74) is 9.17. The Hall–Kier alpha value is -3.26. The van der Waals surface area contributed by atoms with Gasteiger partial charge in [-0.15, -0.1) is 0 Å². The fourth-order valence-corrected chi connectivity index (χ4v) is 7.49. The van der Waals surface area contributed by atoms with Crippen molar-refractivity contribution in [2.75, 3.05) is 24.7 Å². The third kappa shape index (κ3) is 4.55. The molecule has 9 atom stereocenters. The van der Waals surface area contributed by atoms with Crippen molar-refractivity contribution in [1.82, 2.24) is 39.0 Å². The second-order valence-corrected chi connectivity index (χ2v) is 13.1. The van der Waals surface area contributed by atoms with Crippen molar-refractivity contribution in [3.63, 3.8) is 0 Å². The number of nitrogens with one attached hydrogen (secondary N) is 1. The first-order valence-electron chi connectivity index (χ1n) is 12.0. The Labute approximate surface area is 232 Å².